The van der Waals surface area contributed by atoms with E-state index in [4.69, 9.17) is 0 Å². The molecular weight excluding hydrogens is 230 g/mol. The summed E-state index contributed by atoms with van der Waals surface area (Å²) in [6.45, 7) is 4.39. The molecule has 0 spiro atoms. The van der Waals surface area contributed by atoms with Crippen molar-refractivity contribution >= 4 is 0 Å². The van der Waals surface area contributed by atoms with E-state index in [2.05, 4.69) is 67.7 Å². The first-order chi connectivity index (χ1) is 9.28. The standard InChI is InChI=1S/C18H23N/c1-4-14-9-11-16(12-10-14)18(19-3)17-8-6-7-15(5-2)13-17/h6-13,18-19H,4-5H2,1-3H3. The van der Waals surface area contributed by atoms with Crippen LogP contribution in [0.4, 0.5) is 0 Å². The van der Waals surface area contributed by atoms with E-state index in [0.717, 1.165) is 12.8 Å². The molecule has 0 fully saturated rings. The lowest BCUT2D eigenvalue weighted by atomic mass is 9.96. The minimum Gasteiger partial charge on any atom is -0.309 e. The van der Waals surface area contributed by atoms with E-state index < -0.39 is 0 Å². The van der Waals surface area contributed by atoms with Crippen molar-refractivity contribution in [2.75, 3.05) is 7.05 Å². The highest BCUT2D eigenvalue weighted by atomic mass is 14.9. The second-order valence-corrected chi connectivity index (χ2v) is 4.92. The number of hydrogen-bond acceptors (Lipinski definition) is 1. The molecule has 0 amide bonds. The molecular formula is C18H23N. The third-order valence-corrected chi connectivity index (χ3v) is 3.70. The molecule has 1 nitrogen and oxygen atoms in total. The van der Waals surface area contributed by atoms with Crippen molar-refractivity contribution in [3.63, 3.8) is 0 Å². The van der Waals surface area contributed by atoms with Gasteiger partial charge in [0, 0.05) is 0 Å². The lowest BCUT2D eigenvalue weighted by Gasteiger charge is -2.18. The maximum Gasteiger partial charge on any atom is 0.0574 e. The number of aryl methyl sites for hydroxylation is 2. The Labute approximate surface area is 116 Å². The molecule has 0 aliphatic rings. The summed E-state index contributed by atoms with van der Waals surface area (Å²) < 4.78 is 0. The van der Waals surface area contributed by atoms with Crippen LogP contribution in [0.5, 0.6) is 0 Å². The molecule has 0 radical (unpaired) electrons. The van der Waals surface area contributed by atoms with Crippen LogP contribution in [0.25, 0.3) is 0 Å². The molecule has 1 N–H and O–H groups in total. The van der Waals surface area contributed by atoms with E-state index in [-0.39, 0.29) is 6.04 Å². The van der Waals surface area contributed by atoms with Crippen molar-refractivity contribution < 1.29 is 0 Å². The number of hydrogen-bond donors (Lipinski definition) is 1. The van der Waals surface area contributed by atoms with Crippen LogP contribution < -0.4 is 5.32 Å². The molecule has 2 rings (SSSR count). The first-order valence-electron chi connectivity index (χ1n) is 7.13. The summed E-state index contributed by atoms with van der Waals surface area (Å²) in [5, 5.41) is 3.42. The van der Waals surface area contributed by atoms with E-state index in [1.54, 1.807) is 0 Å². The molecule has 0 aromatic heterocycles. The summed E-state index contributed by atoms with van der Waals surface area (Å²) >= 11 is 0. The molecule has 19 heavy (non-hydrogen) atoms. The van der Waals surface area contributed by atoms with Crippen LogP contribution in [0.1, 0.15) is 42.1 Å². The van der Waals surface area contributed by atoms with Gasteiger partial charge in [0.05, 0.1) is 6.04 Å². The topological polar surface area (TPSA) is 12.0 Å². The minimum atomic E-state index is 0.275. The van der Waals surface area contributed by atoms with Crippen LogP contribution in [0.15, 0.2) is 48.5 Å². The molecule has 0 bridgehead atoms. The Hall–Kier alpha value is -1.60. The van der Waals surface area contributed by atoms with Gasteiger partial charge in [-0.3, -0.25) is 0 Å². The van der Waals surface area contributed by atoms with E-state index in [1.807, 2.05) is 7.05 Å². The Balaban J connectivity index is 2.31. The van der Waals surface area contributed by atoms with Crippen LogP contribution >= 0.6 is 0 Å². The first-order valence-corrected chi connectivity index (χ1v) is 7.13. The monoisotopic (exact) mass is 253 g/mol. The first kappa shape index (κ1) is 13.8. The van der Waals surface area contributed by atoms with E-state index in [1.165, 1.54) is 22.3 Å². The zero-order chi connectivity index (χ0) is 13.7. The summed E-state index contributed by atoms with van der Waals surface area (Å²) in [6, 6.07) is 18.0. The Kier molecular flexibility index (Phi) is 4.75. The normalized spacial score (nSPS) is 12.4. The van der Waals surface area contributed by atoms with Gasteiger partial charge < -0.3 is 5.32 Å². The number of nitrogens with one attached hydrogen (secondary N) is 1. The van der Waals surface area contributed by atoms with E-state index in [0.29, 0.717) is 0 Å². The van der Waals surface area contributed by atoms with Gasteiger partial charge in [-0.2, -0.15) is 0 Å². The predicted molar refractivity (Wildman–Crippen MR) is 82.5 cm³/mol. The van der Waals surface area contributed by atoms with Crippen molar-refractivity contribution in [3.05, 3.63) is 70.8 Å². The quantitative estimate of drug-likeness (QED) is 0.845. The minimum absolute atomic E-state index is 0.275. The van der Waals surface area contributed by atoms with Crippen LogP contribution in [0.2, 0.25) is 0 Å². The Morgan fingerprint density at radius 3 is 2.11 bits per heavy atom. The Morgan fingerprint density at radius 2 is 1.53 bits per heavy atom. The zero-order valence-corrected chi connectivity index (χ0v) is 12.1. The molecule has 2 aromatic rings. The average Bonchev–Trinajstić information content (AvgIpc) is 2.49. The summed E-state index contributed by atoms with van der Waals surface area (Å²) in [4.78, 5) is 0. The molecule has 1 unspecified atom stereocenters. The average molecular weight is 253 g/mol. The van der Waals surface area contributed by atoms with E-state index in [9.17, 15) is 0 Å². The van der Waals surface area contributed by atoms with Crippen molar-refractivity contribution in [1.29, 1.82) is 0 Å². The van der Waals surface area contributed by atoms with Gasteiger partial charge in [-0.25, -0.2) is 0 Å². The number of rotatable bonds is 5. The molecule has 0 saturated carbocycles. The molecule has 1 heteroatoms. The van der Waals surface area contributed by atoms with Gasteiger partial charge >= 0.3 is 0 Å². The molecule has 1 atom stereocenters. The highest BCUT2D eigenvalue weighted by molar-refractivity contribution is 5.35. The van der Waals surface area contributed by atoms with E-state index >= 15 is 0 Å². The fourth-order valence-corrected chi connectivity index (χ4v) is 2.46. The van der Waals surface area contributed by atoms with Gasteiger partial charge in [0.1, 0.15) is 0 Å². The highest BCUT2D eigenvalue weighted by Gasteiger charge is 2.11. The second kappa shape index (κ2) is 6.53. The maximum atomic E-state index is 3.42. The highest BCUT2D eigenvalue weighted by Crippen LogP contribution is 2.23. The zero-order valence-electron chi connectivity index (χ0n) is 12.1. The number of benzene rings is 2. The van der Waals surface area contributed by atoms with Crippen LogP contribution in [-0.4, -0.2) is 7.05 Å². The molecule has 0 heterocycles. The van der Waals surface area contributed by atoms with Gasteiger partial charge in [0.25, 0.3) is 0 Å². The van der Waals surface area contributed by atoms with Gasteiger partial charge in [-0.15, -0.1) is 0 Å². The third kappa shape index (κ3) is 3.24. The largest absolute Gasteiger partial charge is 0.309 e. The summed E-state index contributed by atoms with van der Waals surface area (Å²) in [5.74, 6) is 0. The van der Waals surface area contributed by atoms with Crippen LogP contribution in [-0.2, 0) is 12.8 Å². The molecule has 0 saturated heterocycles. The van der Waals surface area contributed by atoms with Crippen molar-refractivity contribution in [1.82, 2.24) is 5.32 Å². The second-order valence-electron chi connectivity index (χ2n) is 4.92. The third-order valence-electron chi connectivity index (χ3n) is 3.70. The molecule has 0 aliphatic heterocycles. The van der Waals surface area contributed by atoms with Crippen molar-refractivity contribution in [2.24, 2.45) is 0 Å². The lowest BCUT2D eigenvalue weighted by molar-refractivity contribution is 0.690. The lowest BCUT2D eigenvalue weighted by Crippen LogP contribution is -2.17. The Morgan fingerprint density at radius 1 is 0.842 bits per heavy atom. The van der Waals surface area contributed by atoms with Crippen LogP contribution in [0, 0.1) is 0 Å². The van der Waals surface area contributed by atoms with Crippen molar-refractivity contribution in [3.8, 4) is 0 Å². The fraction of sp³-hybridized carbons (Fsp3) is 0.333. The molecule has 100 valence electrons. The smallest absolute Gasteiger partial charge is 0.0574 e. The fourth-order valence-electron chi connectivity index (χ4n) is 2.46. The predicted octanol–water partition coefficient (Wildman–Crippen LogP) is 4.12. The Bertz CT molecular complexity index is 513. The van der Waals surface area contributed by atoms with Crippen molar-refractivity contribution in [2.45, 2.75) is 32.7 Å². The SMILES string of the molecule is CCc1ccc(C(NC)c2cccc(CC)c2)cc1. The molecule has 2 aromatic carbocycles. The summed E-state index contributed by atoms with van der Waals surface area (Å²) in [5.41, 5.74) is 5.45. The van der Waals surface area contributed by atoms with Gasteiger partial charge in [-0.1, -0.05) is 62.4 Å². The van der Waals surface area contributed by atoms with Gasteiger partial charge in [-0.05, 0) is 42.1 Å². The molecule has 0 aliphatic carbocycles. The van der Waals surface area contributed by atoms with Gasteiger partial charge in [0.15, 0.2) is 0 Å². The van der Waals surface area contributed by atoms with Gasteiger partial charge in [0.2, 0.25) is 0 Å². The maximum absolute atomic E-state index is 3.42. The van der Waals surface area contributed by atoms with Crippen LogP contribution in [0.3, 0.4) is 0 Å². The summed E-state index contributed by atoms with van der Waals surface area (Å²) in [6.07, 6.45) is 2.18. The summed E-state index contributed by atoms with van der Waals surface area (Å²) in [7, 11) is 2.02.